The van der Waals surface area contributed by atoms with Crippen molar-refractivity contribution in [3.63, 3.8) is 0 Å². The second-order valence-electron chi connectivity index (χ2n) is 3.63. The monoisotopic (exact) mass is 182 g/mol. The van der Waals surface area contributed by atoms with Gasteiger partial charge in [-0.3, -0.25) is 0 Å². The molecular formula is C11H18O2. The predicted octanol–water partition coefficient (Wildman–Crippen LogP) is 2.68. The minimum atomic E-state index is -0.279. The van der Waals surface area contributed by atoms with Crippen LogP contribution >= 0.6 is 0 Å². The van der Waals surface area contributed by atoms with Crippen LogP contribution in [0.15, 0.2) is 12.7 Å². The molecule has 2 heteroatoms. The van der Waals surface area contributed by atoms with Crippen molar-refractivity contribution in [3.8, 4) is 0 Å². The second-order valence-corrected chi connectivity index (χ2v) is 3.63. The molecule has 1 atom stereocenters. The van der Waals surface area contributed by atoms with Gasteiger partial charge in [0.15, 0.2) is 0 Å². The molecule has 0 aliphatic heterocycles. The first kappa shape index (κ1) is 10.3. The topological polar surface area (TPSA) is 26.3 Å². The van der Waals surface area contributed by atoms with Crippen LogP contribution in [-0.2, 0) is 9.53 Å². The smallest absolute Gasteiger partial charge is 0.330 e. The Balaban J connectivity index is 2.41. The molecule has 1 unspecified atom stereocenters. The van der Waals surface area contributed by atoms with Crippen LogP contribution in [0.3, 0.4) is 0 Å². The van der Waals surface area contributed by atoms with E-state index in [9.17, 15) is 4.79 Å². The molecule has 0 aromatic carbocycles. The first-order chi connectivity index (χ1) is 6.27. The van der Waals surface area contributed by atoms with Crippen molar-refractivity contribution in [1.82, 2.24) is 0 Å². The van der Waals surface area contributed by atoms with E-state index in [1.807, 2.05) is 0 Å². The van der Waals surface area contributed by atoms with Crippen LogP contribution in [0.5, 0.6) is 0 Å². The van der Waals surface area contributed by atoms with E-state index in [4.69, 9.17) is 4.74 Å². The third-order valence-corrected chi connectivity index (χ3v) is 2.76. The summed E-state index contributed by atoms with van der Waals surface area (Å²) in [5.41, 5.74) is 0. The summed E-state index contributed by atoms with van der Waals surface area (Å²) in [4.78, 5) is 11.0. The maximum Gasteiger partial charge on any atom is 0.330 e. The normalized spacial score (nSPS) is 19.8. The molecular weight excluding hydrogens is 164 g/mol. The van der Waals surface area contributed by atoms with Crippen LogP contribution in [0.2, 0.25) is 0 Å². The van der Waals surface area contributed by atoms with Gasteiger partial charge in [-0.1, -0.05) is 26.3 Å². The van der Waals surface area contributed by atoms with Crippen LogP contribution in [0.4, 0.5) is 0 Å². The highest BCUT2D eigenvalue weighted by atomic mass is 16.5. The van der Waals surface area contributed by atoms with Gasteiger partial charge >= 0.3 is 5.97 Å². The predicted molar refractivity (Wildman–Crippen MR) is 52.3 cm³/mol. The maximum absolute atomic E-state index is 11.0. The lowest BCUT2D eigenvalue weighted by Gasteiger charge is -2.21. The molecule has 0 bridgehead atoms. The molecule has 1 rings (SSSR count). The van der Waals surface area contributed by atoms with Gasteiger partial charge in [-0.05, 0) is 25.2 Å². The minimum absolute atomic E-state index is 0.119. The fourth-order valence-electron chi connectivity index (χ4n) is 2.04. The summed E-state index contributed by atoms with van der Waals surface area (Å²) in [6.45, 7) is 5.47. The van der Waals surface area contributed by atoms with Gasteiger partial charge in [0.25, 0.3) is 0 Å². The second kappa shape index (κ2) is 5.05. The molecule has 1 aliphatic rings. The Morgan fingerprint density at radius 2 is 2.23 bits per heavy atom. The average Bonchev–Trinajstić information content (AvgIpc) is 2.66. The van der Waals surface area contributed by atoms with E-state index >= 15 is 0 Å². The number of carbonyl (C=O) groups excluding carboxylic acids is 1. The molecule has 0 radical (unpaired) electrons. The van der Waals surface area contributed by atoms with E-state index in [0.29, 0.717) is 5.92 Å². The van der Waals surface area contributed by atoms with Gasteiger partial charge in [0.2, 0.25) is 0 Å². The minimum Gasteiger partial charge on any atom is -0.459 e. The molecule has 0 N–H and O–H groups in total. The molecule has 1 fully saturated rings. The fourth-order valence-corrected chi connectivity index (χ4v) is 2.04. The summed E-state index contributed by atoms with van der Waals surface area (Å²) in [5, 5.41) is 0. The van der Waals surface area contributed by atoms with Crippen molar-refractivity contribution in [1.29, 1.82) is 0 Å². The Labute approximate surface area is 80.0 Å². The number of hydrogen-bond acceptors (Lipinski definition) is 2. The zero-order valence-electron chi connectivity index (χ0n) is 8.29. The highest BCUT2D eigenvalue weighted by molar-refractivity contribution is 5.81. The van der Waals surface area contributed by atoms with E-state index in [1.54, 1.807) is 0 Å². The largest absolute Gasteiger partial charge is 0.459 e. The first-order valence-electron chi connectivity index (χ1n) is 5.11. The van der Waals surface area contributed by atoms with Gasteiger partial charge in [0, 0.05) is 6.08 Å². The number of esters is 1. The van der Waals surface area contributed by atoms with Crippen molar-refractivity contribution >= 4 is 5.97 Å². The zero-order chi connectivity index (χ0) is 9.68. The molecule has 0 saturated heterocycles. The maximum atomic E-state index is 11.0. The standard InChI is InChI=1S/C11H18O2/c1-3-10(13-11(12)4-2)9-7-5-6-8-9/h4,9-10H,2-3,5-8H2,1H3. The van der Waals surface area contributed by atoms with Crippen LogP contribution < -0.4 is 0 Å². The lowest BCUT2D eigenvalue weighted by molar-refractivity contribution is -0.145. The molecule has 1 saturated carbocycles. The number of ether oxygens (including phenoxy) is 1. The van der Waals surface area contributed by atoms with Crippen molar-refractivity contribution in [2.45, 2.75) is 45.1 Å². The van der Waals surface area contributed by atoms with Gasteiger partial charge in [-0.2, -0.15) is 0 Å². The van der Waals surface area contributed by atoms with Gasteiger partial charge in [-0.25, -0.2) is 4.79 Å². The summed E-state index contributed by atoms with van der Waals surface area (Å²) in [6, 6.07) is 0. The highest BCUT2D eigenvalue weighted by Crippen LogP contribution is 2.30. The summed E-state index contributed by atoms with van der Waals surface area (Å²) < 4.78 is 5.28. The summed E-state index contributed by atoms with van der Waals surface area (Å²) in [6.07, 6.45) is 7.28. The Morgan fingerprint density at radius 1 is 1.62 bits per heavy atom. The van der Waals surface area contributed by atoms with Crippen molar-refractivity contribution < 1.29 is 9.53 Å². The molecule has 13 heavy (non-hydrogen) atoms. The Kier molecular flexibility index (Phi) is 4.00. The van der Waals surface area contributed by atoms with Crippen LogP contribution in [0.25, 0.3) is 0 Å². The highest BCUT2D eigenvalue weighted by Gasteiger charge is 2.25. The van der Waals surface area contributed by atoms with Gasteiger partial charge in [0.1, 0.15) is 6.10 Å². The molecule has 2 nitrogen and oxygen atoms in total. The van der Waals surface area contributed by atoms with Crippen LogP contribution in [0.1, 0.15) is 39.0 Å². The van der Waals surface area contributed by atoms with E-state index < -0.39 is 0 Å². The third-order valence-electron chi connectivity index (χ3n) is 2.76. The molecule has 74 valence electrons. The SMILES string of the molecule is C=CC(=O)OC(CC)C1CCCC1. The van der Waals surface area contributed by atoms with E-state index in [0.717, 1.165) is 6.42 Å². The molecule has 0 heterocycles. The summed E-state index contributed by atoms with van der Waals surface area (Å²) in [5.74, 6) is 0.313. The number of rotatable bonds is 4. The number of hydrogen-bond donors (Lipinski definition) is 0. The molecule has 0 aromatic rings. The van der Waals surface area contributed by atoms with E-state index in [2.05, 4.69) is 13.5 Å². The fraction of sp³-hybridized carbons (Fsp3) is 0.727. The van der Waals surface area contributed by atoms with Crippen LogP contribution in [-0.4, -0.2) is 12.1 Å². The molecule has 1 aliphatic carbocycles. The average molecular weight is 182 g/mol. The van der Waals surface area contributed by atoms with E-state index in [1.165, 1.54) is 31.8 Å². The molecule has 0 amide bonds. The van der Waals surface area contributed by atoms with E-state index in [-0.39, 0.29) is 12.1 Å². The molecule has 0 spiro atoms. The van der Waals surface area contributed by atoms with Gasteiger partial charge in [0.05, 0.1) is 0 Å². The third kappa shape index (κ3) is 2.87. The summed E-state index contributed by atoms with van der Waals surface area (Å²) >= 11 is 0. The van der Waals surface area contributed by atoms with Gasteiger partial charge < -0.3 is 4.74 Å². The van der Waals surface area contributed by atoms with Crippen molar-refractivity contribution in [2.24, 2.45) is 5.92 Å². The van der Waals surface area contributed by atoms with Gasteiger partial charge in [-0.15, -0.1) is 0 Å². The Morgan fingerprint density at radius 3 is 2.69 bits per heavy atom. The number of carbonyl (C=O) groups is 1. The van der Waals surface area contributed by atoms with Crippen LogP contribution in [0, 0.1) is 5.92 Å². The quantitative estimate of drug-likeness (QED) is 0.493. The summed E-state index contributed by atoms with van der Waals surface area (Å²) in [7, 11) is 0. The Bertz CT molecular complexity index is 181. The zero-order valence-corrected chi connectivity index (χ0v) is 8.29. The first-order valence-corrected chi connectivity index (χ1v) is 5.11. The molecule has 0 aromatic heterocycles. The van der Waals surface area contributed by atoms with Crippen molar-refractivity contribution in [2.75, 3.05) is 0 Å². The lowest BCUT2D eigenvalue weighted by atomic mass is 9.99. The lowest BCUT2D eigenvalue weighted by Crippen LogP contribution is -2.23. The Hall–Kier alpha value is -0.790. The van der Waals surface area contributed by atoms with Crippen molar-refractivity contribution in [3.05, 3.63) is 12.7 Å².